The van der Waals surface area contributed by atoms with Gasteiger partial charge in [0.2, 0.25) is 5.91 Å². The maximum atomic E-state index is 12.5. The molecule has 2 aliphatic rings. The first-order valence-electron chi connectivity index (χ1n) is 10.7. The van der Waals surface area contributed by atoms with E-state index in [-0.39, 0.29) is 30.7 Å². The molecule has 7 nitrogen and oxygen atoms in total. The van der Waals surface area contributed by atoms with Crippen molar-refractivity contribution in [2.24, 2.45) is 0 Å². The van der Waals surface area contributed by atoms with E-state index in [2.05, 4.69) is 16.3 Å². The molecule has 0 saturated carbocycles. The summed E-state index contributed by atoms with van der Waals surface area (Å²) in [4.78, 5) is 40.9. The number of benzene rings is 2. The number of fused-ring (bicyclic) bond motifs is 1. The maximum Gasteiger partial charge on any atom is 0.261 e. The molecule has 2 aromatic rings. The van der Waals surface area contributed by atoms with Gasteiger partial charge in [-0.1, -0.05) is 23.8 Å². The van der Waals surface area contributed by atoms with E-state index < -0.39 is 0 Å². The van der Waals surface area contributed by atoms with Gasteiger partial charge in [0.25, 0.3) is 11.8 Å². The number of nitrogens with zero attached hydrogens (tertiary/aromatic N) is 2. The zero-order chi connectivity index (χ0) is 21.8. The Bertz CT molecular complexity index is 998. The molecule has 31 heavy (non-hydrogen) atoms. The summed E-state index contributed by atoms with van der Waals surface area (Å²) in [5.41, 5.74) is 3.73. The van der Waals surface area contributed by atoms with Crippen LogP contribution in [0.4, 0.5) is 5.69 Å². The molecule has 1 fully saturated rings. The van der Waals surface area contributed by atoms with Crippen LogP contribution in [0, 0.1) is 6.92 Å². The number of morpholine rings is 1. The van der Waals surface area contributed by atoms with Crippen LogP contribution in [0.5, 0.6) is 0 Å². The van der Waals surface area contributed by atoms with Crippen molar-refractivity contribution < 1.29 is 19.1 Å². The molecule has 0 spiro atoms. The molecule has 1 saturated heterocycles. The second-order valence-electron chi connectivity index (χ2n) is 8.05. The largest absolute Gasteiger partial charge is 0.379 e. The van der Waals surface area contributed by atoms with Crippen molar-refractivity contribution in [3.8, 4) is 0 Å². The lowest BCUT2D eigenvalue weighted by Gasteiger charge is -2.26. The summed E-state index contributed by atoms with van der Waals surface area (Å²) in [6, 6.07) is 13.1. The molecule has 7 heteroatoms. The Morgan fingerprint density at radius 2 is 1.81 bits per heavy atom. The molecule has 2 heterocycles. The van der Waals surface area contributed by atoms with Crippen LogP contribution in [0.3, 0.4) is 0 Å². The van der Waals surface area contributed by atoms with Crippen molar-refractivity contribution in [3.05, 3.63) is 64.7 Å². The van der Waals surface area contributed by atoms with E-state index in [0.717, 1.165) is 49.7 Å². The Labute approximate surface area is 182 Å². The average molecular weight is 421 g/mol. The molecular formula is C24H27N3O4. The van der Waals surface area contributed by atoms with E-state index >= 15 is 0 Å². The Morgan fingerprint density at radius 1 is 1.03 bits per heavy atom. The summed E-state index contributed by atoms with van der Waals surface area (Å²) < 4.78 is 5.38. The van der Waals surface area contributed by atoms with Gasteiger partial charge in [-0.3, -0.25) is 24.2 Å². The van der Waals surface area contributed by atoms with Gasteiger partial charge in [0.15, 0.2) is 0 Å². The highest BCUT2D eigenvalue weighted by Gasteiger charge is 2.34. The maximum absolute atomic E-state index is 12.5. The zero-order valence-corrected chi connectivity index (χ0v) is 17.7. The number of nitrogens with one attached hydrogen (secondary N) is 1. The zero-order valence-electron chi connectivity index (χ0n) is 17.7. The predicted molar refractivity (Wildman–Crippen MR) is 117 cm³/mol. The van der Waals surface area contributed by atoms with Crippen molar-refractivity contribution in [2.45, 2.75) is 26.3 Å². The lowest BCUT2D eigenvalue weighted by molar-refractivity contribution is -0.116. The summed E-state index contributed by atoms with van der Waals surface area (Å²) >= 11 is 0. The molecular weight excluding hydrogens is 394 g/mol. The summed E-state index contributed by atoms with van der Waals surface area (Å²) in [6.45, 7) is 6.28. The van der Waals surface area contributed by atoms with Crippen LogP contribution in [0.25, 0.3) is 0 Å². The minimum Gasteiger partial charge on any atom is -0.379 e. The molecule has 0 bridgehead atoms. The van der Waals surface area contributed by atoms with Gasteiger partial charge in [0.1, 0.15) is 0 Å². The number of hydrogen-bond acceptors (Lipinski definition) is 5. The van der Waals surface area contributed by atoms with E-state index in [1.807, 2.05) is 31.2 Å². The van der Waals surface area contributed by atoms with Crippen LogP contribution in [-0.2, 0) is 16.1 Å². The molecule has 4 rings (SSSR count). The Kier molecular flexibility index (Phi) is 6.44. The number of aryl methyl sites for hydroxylation is 1. The predicted octanol–water partition coefficient (Wildman–Crippen LogP) is 2.84. The van der Waals surface area contributed by atoms with Gasteiger partial charge in [-0.2, -0.15) is 0 Å². The topological polar surface area (TPSA) is 79.0 Å². The van der Waals surface area contributed by atoms with Gasteiger partial charge in [-0.15, -0.1) is 0 Å². The Balaban J connectivity index is 1.27. The highest BCUT2D eigenvalue weighted by atomic mass is 16.5. The van der Waals surface area contributed by atoms with Gasteiger partial charge < -0.3 is 10.1 Å². The van der Waals surface area contributed by atoms with Crippen molar-refractivity contribution in [1.29, 1.82) is 0 Å². The fourth-order valence-corrected chi connectivity index (χ4v) is 3.99. The molecule has 0 atom stereocenters. The summed E-state index contributed by atoms with van der Waals surface area (Å²) in [6.07, 6.45) is 0.657. The highest BCUT2D eigenvalue weighted by molar-refractivity contribution is 6.21. The van der Waals surface area contributed by atoms with Crippen LogP contribution < -0.4 is 5.32 Å². The first-order chi connectivity index (χ1) is 15.0. The number of imide groups is 1. The molecule has 1 N–H and O–H groups in total. The molecule has 0 radical (unpaired) electrons. The Morgan fingerprint density at radius 3 is 2.61 bits per heavy atom. The number of amides is 3. The second kappa shape index (κ2) is 9.41. The first-order valence-corrected chi connectivity index (χ1v) is 10.7. The van der Waals surface area contributed by atoms with E-state index in [4.69, 9.17) is 4.74 Å². The third kappa shape index (κ3) is 5.00. The number of anilines is 1. The average Bonchev–Trinajstić information content (AvgIpc) is 2.99. The van der Waals surface area contributed by atoms with Crippen LogP contribution in [0.15, 0.2) is 42.5 Å². The SMILES string of the molecule is Cc1ccc2c(c1)C(=O)N(CCCC(=O)Nc1cccc(CN3CCOCC3)c1)C2=O. The van der Waals surface area contributed by atoms with Gasteiger partial charge in [0, 0.05) is 38.3 Å². The molecule has 3 amide bonds. The standard InChI is InChI=1S/C24H27N3O4/c1-17-7-8-20-21(14-17)24(30)27(23(20)29)9-3-6-22(28)25-19-5-2-4-18(15-19)16-26-10-12-31-13-11-26/h2,4-5,7-8,14-15H,3,6,9-13,16H2,1H3,(H,25,28). The molecule has 0 unspecified atom stereocenters. The van der Waals surface area contributed by atoms with E-state index in [9.17, 15) is 14.4 Å². The number of hydrogen-bond donors (Lipinski definition) is 1. The van der Waals surface area contributed by atoms with E-state index in [0.29, 0.717) is 17.5 Å². The molecule has 2 aliphatic heterocycles. The lowest BCUT2D eigenvalue weighted by Crippen LogP contribution is -2.35. The van der Waals surface area contributed by atoms with E-state index in [1.165, 1.54) is 4.90 Å². The van der Waals surface area contributed by atoms with Gasteiger partial charge >= 0.3 is 0 Å². The second-order valence-corrected chi connectivity index (χ2v) is 8.05. The third-order valence-corrected chi connectivity index (χ3v) is 5.63. The van der Waals surface area contributed by atoms with Crippen LogP contribution in [0.1, 0.15) is 44.7 Å². The van der Waals surface area contributed by atoms with Crippen LogP contribution in [-0.4, -0.2) is 60.4 Å². The minimum atomic E-state index is -0.281. The van der Waals surface area contributed by atoms with Crippen molar-refractivity contribution >= 4 is 23.4 Å². The smallest absolute Gasteiger partial charge is 0.261 e. The lowest BCUT2D eigenvalue weighted by atomic mass is 10.1. The van der Waals surface area contributed by atoms with Crippen LogP contribution >= 0.6 is 0 Å². The minimum absolute atomic E-state index is 0.129. The van der Waals surface area contributed by atoms with Crippen LogP contribution in [0.2, 0.25) is 0 Å². The van der Waals surface area contributed by atoms with Crippen molar-refractivity contribution in [3.63, 3.8) is 0 Å². The summed E-state index contributed by atoms with van der Waals surface area (Å²) in [7, 11) is 0. The van der Waals surface area contributed by atoms with E-state index in [1.54, 1.807) is 12.1 Å². The fourth-order valence-electron chi connectivity index (χ4n) is 3.99. The molecule has 2 aromatic carbocycles. The number of ether oxygens (including phenoxy) is 1. The molecule has 0 aliphatic carbocycles. The monoisotopic (exact) mass is 421 g/mol. The highest BCUT2D eigenvalue weighted by Crippen LogP contribution is 2.24. The summed E-state index contributed by atoms with van der Waals surface area (Å²) in [5.74, 6) is -0.688. The van der Waals surface area contributed by atoms with Gasteiger partial charge in [-0.25, -0.2) is 0 Å². The van der Waals surface area contributed by atoms with Crippen molar-refractivity contribution in [1.82, 2.24) is 9.80 Å². The fraction of sp³-hybridized carbons (Fsp3) is 0.375. The number of carbonyl (C=O) groups is 3. The summed E-state index contributed by atoms with van der Waals surface area (Å²) in [5, 5.41) is 2.92. The molecule has 0 aromatic heterocycles. The number of carbonyl (C=O) groups excluding carboxylic acids is 3. The Hall–Kier alpha value is -3.03. The van der Waals surface area contributed by atoms with Crippen molar-refractivity contribution in [2.75, 3.05) is 38.2 Å². The molecule has 162 valence electrons. The van der Waals surface area contributed by atoms with Gasteiger partial charge in [0.05, 0.1) is 24.3 Å². The normalized spacial score (nSPS) is 16.5. The number of rotatable bonds is 7. The quantitative estimate of drug-likeness (QED) is 0.696. The van der Waals surface area contributed by atoms with Gasteiger partial charge in [-0.05, 0) is 43.2 Å². The third-order valence-electron chi connectivity index (χ3n) is 5.63. The first kappa shape index (κ1) is 21.2.